The molecular formula is C16H15ClFN5O2. The molecule has 1 aliphatic rings. The number of halogens is 2. The smallest absolute Gasteiger partial charge is 0.318 e. The van der Waals surface area contributed by atoms with Crippen LogP contribution in [0, 0.1) is 5.82 Å². The van der Waals surface area contributed by atoms with Crippen molar-refractivity contribution in [1.29, 1.82) is 0 Å². The molecule has 1 fully saturated rings. The van der Waals surface area contributed by atoms with Gasteiger partial charge in [0, 0.05) is 24.7 Å². The first-order valence-corrected chi connectivity index (χ1v) is 7.96. The molecule has 0 atom stereocenters. The molecule has 1 N–H and O–H groups in total. The predicted molar refractivity (Wildman–Crippen MR) is 89.6 cm³/mol. The Labute approximate surface area is 148 Å². The van der Waals surface area contributed by atoms with E-state index in [1.54, 1.807) is 12.1 Å². The van der Waals surface area contributed by atoms with Gasteiger partial charge in [-0.1, -0.05) is 23.7 Å². The molecule has 130 valence electrons. The molecule has 1 aromatic heterocycles. The highest BCUT2D eigenvalue weighted by molar-refractivity contribution is 6.30. The highest BCUT2D eigenvalue weighted by Gasteiger charge is 2.29. The van der Waals surface area contributed by atoms with E-state index in [1.807, 2.05) is 12.1 Å². The van der Waals surface area contributed by atoms with Crippen LogP contribution >= 0.6 is 11.6 Å². The van der Waals surface area contributed by atoms with Crippen LogP contribution in [0.25, 0.3) is 0 Å². The number of carbonyl (C=O) groups is 2. The number of nitrogens with zero attached hydrogens (tertiary/aromatic N) is 4. The van der Waals surface area contributed by atoms with Gasteiger partial charge in [0.2, 0.25) is 11.9 Å². The van der Waals surface area contributed by atoms with Crippen molar-refractivity contribution in [2.45, 2.75) is 6.54 Å². The van der Waals surface area contributed by atoms with Crippen molar-refractivity contribution >= 4 is 29.5 Å². The average molecular weight is 364 g/mol. The lowest BCUT2D eigenvalue weighted by Crippen LogP contribution is -2.55. The molecule has 1 aliphatic heterocycles. The van der Waals surface area contributed by atoms with Crippen LogP contribution in [0.5, 0.6) is 0 Å². The second-order valence-corrected chi connectivity index (χ2v) is 5.89. The van der Waals surface area contributed by atoms with Crippen molar-refractivity contribution in [3.8, 4) is 0 Å². The lowest BCUT2D eigenvalue weighted by Gasteiger charge is -2.32. The summed E-state index contributed by atoms with van der Waals surface area (Å²) in [6.07, 6.45) is 2.00. The molecule has 0 saturated carbocycles. The van der Waals surface area contributed by atoms with Crippen LogP contribution in [-0.2, 0) is 11.3 Å². The summed E-state index contributed by atoms with van der Waals surface area (Å²) in [7, 11) is 0. The van der Waals surface area contributed by atoms with Gasteiger partial charge in [0.25, 0.3) is 0 Å². The minimum atomic E-state index is -0.573. The molecule has 0 unspecified atom stereocenters. The summed E-state index contributed by atoms with van der Waals surface area (Å²) in [4.78, 5) is 34.8. The minimum Gasteiger partial charge on any atom is -0.334 e. The summed E-state index contributed by atoms with van der Waals surface area (Å²) in [5, 5.41) is 3.39. The predicted octanol–water partition coefficient (Wildman–Crippen LogP) is 1.83. The highest BCUT2D eigenvalue weighted by atomic mass is 35.5. The molecule has 3 amide bonds. The van der Waals surface area contributed by atoms with Gasteiger partial charge in [-0.15, -0.1) is 0 Å². The maximum absolute atomic E-state index is 12.9. The Morgan fingerprint density at radius 2 is 1.88 bits per heavy atom. The molecular weight excluding hydrogens is 349 g/mol. The van der Waals surface area contributed by atoms with Crippen molar-refractivity contribution in [2.24, 2.45) is 0 Å². The monoisotopic (exact) mass is 363 g/mol. The van der Waals surface area contributed by atoms with E-state index in [1.165, 1.54) is 9.80 Å². The maximum Gasteiger partial charge on any atom is 0.318 e. The van der Waals surface area contributed by atoms with Gasteiger partial charge in [0.15, 0.2) is 5.82 Å². The molecule has 7 nitrogen and oxygen atoms in total. The standard InChI is InChI=1S/C16H15ClFN5O2/c17-12-3-1-11(2-4-12)7-21-16(25)22-5-6-23(14(24)10-22)15-19-8-13(18)9-20-15/h1-4,8-9H,5-7,10H2,(H,21,25). The Bertz CT molecular complexity index is 769. The zero-order valence-corrected chi connectivity index (χ0v) is 13.9. The average Bonchev–Trinajstić information content (AvgIpc) is 2.62. The lowest BCUT2D eigenvalue weighted by molar-refractivity contribution is -0.120. The van der Waals surface area contributed by atoms with E-state index in [9.17, 15) is 14.0 Å². The first-order valence-electron chi connectivity index (χ1n) is 7.58. The van der Waals surface area contributed by atoms with E-state index in [0.29, 0.717) is 18.1 Å². The maximum atomic E-state index is 12.9. The number of carbonyl (C=O) groups excluding carboxylic acids is 2. The van der Waals surface area contributed by atoms with E-state index in [4.69, 9.17) is 11.6 Å². The van der Waals surface area contributed by atoms with Gasteiger partial charge in [-0.05, 0) is 17.7 Å². The van der Waals surface area contributed by atoms with Crippen LogP contribution in [-0.4, -0.2) is 46.4 Å². The fourth-order valence-electron chi connectivity index (χ4n) is 2.39. The van der Waals surface area contributed by atoms with Gasteiger partial charge in [-0.3, -0.25) is 9.69 Å². The molecule has 1 saturated heterocycles. The number of piperazine rings is 1. The fraction of sp³-hybridized carbons (Fsp3) is 0.250. The number of anilines is 1. The Morgan fingerprint density at radius 1 is 1.20 bits per heavy atom. The van der Waals surface area contributed by atoms with E-state index < -0.39 is 5.82 Å². The number of hydrogen-bond acceptors (Lipinski definition) is 4. The van der Waals surface area contributed by atoms with E-state index >= 15 is 0 Å². The molecule has 25 heavy (non-hydrogen) atoms. The van der Waals surface area contributed by atoms with E-state index in [0.717, 1.165) is 18.0 Å². The van der Waals surface area contributed by atoms with Crippen LogP contribution in [0.1, 0.15) is 5.56 Å². The summed E-state index contributed by atoms with van der Waals surface area (Å²) < 4.78 is 12.9. The number of benzene rings is 1. The zero-order valence-electron chi connectivity index (χ0n) is 13.2. The van der Waals surface area contributed by atoms with Gasteiger partial charge in [-0.25, -0.2) is 19.2 Å². The molecule has 0 aliphatic carbocycles. The van der Waals surface area contributed by atoms with Crippen LogP contribution in [0.3, 0.4) is 0 Å². The Hall–Kier alpha value is -2.74. The number of aromatic nitrogens is 2. The van der Waals surface area contributed by atoms with Gasteiger partial charge in [-0.2, -0.15) is 0 Å². The molecule has 0 bridgehead atoms. The third-order valence-electron chi connectivity index (χ3n) is 3.71. The third-order valence-corrected chi connectivity index (χ3v) is 3.97. The summed E-state index contributed by atoms with van der Waals surface area (Å²) in [6, 6.07) is 6.79. The van der Waals surface area contributed by atoms with Gasteiger partial charge in [0.05, 0.1) is 12.4 Å². The van der Waals surface area contributed by atoms with Crippen molar-refractivity contribution in [2.75, 3.05) is 24.5 Å². The quantitative estimate of drug-likeness (QED) is 0.902. The topological polar surface area (TPSA) is 78.4 Å². The minimum absolute atomic E-state index is 0.0901. The summed E-state index contributed by atoms with van der Waals surface area (Å²) in [6.45, 7) is 0.830. The molecule has 0 radical (unpaired) electrons. The van der Waals surface area contributed by atoms with E-state index in [2.05, 4.69) is 15.3 Å². The van der Waals surface area contributed by atoms with Crippen LogP contribution < -0.4 is 10.2 Å². The highest BCUT2D eigenvalue weighted by Crippen LogP contribution is 2.13. The van der Waals surface area contributed by atoms with Crippen molar-refractivity contribution in [3.63, 3.8) is 0 Å². The van der Waals surface area contributed by atoms with Crippen LogP contribution in [0.4, 0.5) is 15.1 Å². The zero-order chi connectivity index (χ0) is 17.8. The van der Waals surface area contributed by atoms with Crippen molar-refractivity contribution < 1.29 is 14.0 Å². The molecule has 1 aromatic carbocycles. The Morgan fingerprint density at radius 3 is 2.52 bits per heavy atom. The van der Waals surface area contributed by atoms with Crippen molar-refractivity contribution in [3.05, 3.63) is 53.1 Å². The molecule has 9 heteroatoms. The second-order valence-electron chi connectivity index (χ2n) is 5.45. The number of nitrogens with one attached hydrogen (secondary N) is 1. The Balaban J connectivity index is 1.55. The van der Waals surface area contributed by atoms with Crippen molar-refractivity contribution in [1.82, 2.24) is 20.2 Å². The number of urea groups is 1. The van der Waals surface area contributed by atoms with Gasteiger partial charge >= 0.3 is 6.03 Å². The summed E-state index contributed by atoms with van der Waals surface area (Å²) in [5.41, 5.74) is 0.905. The van der Waals surface area contributed by atoms with Crippen LogP contribution in [0.2, 0.25) is 5.02 Å². The summed E-state index contributed by atoms with van der Waals surface area (Å²) in [5.74, 6) is -0.761. The molecule has 0 spiro atoms. The van der Waals surface area contributed by atoms with Gasteiger partial charge in [0.1, 0.15) is 6.54 Å². The fourth-order valence-corrected chi connectivity index (χ4v) is 2.52. The second kappa shape index (κ2) is 7.43. The SMILES string of the molecule is O=C(NCc1ccc(Cl)cc1)N1CCN(c2ncc(F)cn2)C(=O)C1. The summed E-state index contributed by atoms with van der Waals surface area (Å²) >= 11 is 5.82. The largest absolute Gasteiger partial charge is 0.334 e. The number of rotatable bonds is 3. The Kier molecular flexibility index (Phi) is 5.08. The normalized spacial score (nSPS) is 14.6. The molecule has 3 rings (SSSR count). The number of amides is 3. The first-order chi connectivity index (χ1) is 12.0. The first kappa shape index (κ1) is 17.1. The third kappa shape index (κ3) is 4.21. The molecule has 2 aromatic rings. The molecule has 2 heterocycles. The van der Waals surface area contributed by atoms with E-state index in [-0.39, 0.29) is 31.0 Å². The number of hydrogen-bond donors (Lipinski definition) is 1. The lowest BCUT2D eigenvalue weighted by atomic mass is 10.2. The van der Waals surface area contributed by atoms with Crippen LogP contribution in [0.15, 0.2) is 36.7 Å². The van der Waals surface area contributed by atoms with Gasteiger partial charge < -0.3 is 10.2 Å².